The molecule has 0 saturated heterocycles. The average molecular weight is 1400 g/mol. The topological polar surface area (TPSA) is 425 Å². The van der Waals surface area contributed by atoms with Gasteiger partial charge in [0.05, 0.1) is 43.2 Å². The zero-order chi connectivity index (χ0) is 70.4. The van der Waals surface area contributed by atoms with E-state index < -0.39 is 18.4 Å². The predicted octanol–water partition coefficient (Wildman–Crippen LogP) is 11.0. The highest BCUT2D eigenvalue weighted by Crippen LogP contribution is 2.22. The number of aromatic amines is 2. The van der Waals surface area contributed by atoms with Crippen LogP contribution in [0.3, 0.4) is 0 Å². The Balaban J connectivity index is 0.000000427. The Morgan fingerprint density at radius 2 is 0.990 bits per heavy atom. The Labute approximate surface area is 581 Å². The van der Waals surface area contributed by atoms with E-state index >= 15 is 0 Å². The number of nitrogen functional groups attached to an aromatic ring is 1. The standard InChI is InChI=1S/C35H44N10O6.C11H17ClN2O2.C10H17N5O2.C10H15NO2.ClH/c1-4-6-20-50-29(47)24-10-14-26(15-11-24)39-33-42-31(36-18-8-9-19-37-35(49)45-32-38-23(3)22-28(46)41-32)43-34(44-33)40-27-16-12-25(13-17-27)30(48)51-21-7-5-2;1-2-3-8-16-11(15)9-4-6-10(7-5-9)13-14-12;1-7-6-8(16)14-9(13-7)15-10(17)12-5-3-2-4-11;1-2-3-8-12-13-10-6-4-9(11)5-7-10;/h10-17,22H,4-9,18-21H2,1-3H3,(H3,36,39,40,42,43,44)(H3,37,38,41,45,46,49);4-7,11,13-15H,2-3,8H2,1H3;6H,2-5,11H2,1H3,(H3,12,13,14,15,16,17);4-7H,2-3,8,11H2,1H3;1H. The number of hydrogen-bond acceptors (Lipinski definition) is 24. The molecule has 0 spiro atoms. The number of esters is 2. The highest BCUT2D eigenvalue weighted by atomic mass is 35.5. The summed E-state index contributed by atoms with van der Waals surface area (Å²) in [7, 11) is 0. The molecule has 0 aliphatic rings. The van der Waals surface area contributed by atoms with Crippen molar-refractivity contribution < 1.29 is 48.3 Å². The summed E-state index contributed by atoms with van der Waals surface area (Å²) < 4.78 is 15.8. The number of nitrogens with zero attached hydrogens (tertiary/aromatic N) is 5. The van der Waals surface area contributed by atoms with Crippen LogP contribution in [0.1, 0.15) is 149 Å². The Hall–Kier alpha value is -9.69. The molecule has 0 bridgehead atoms. The predicted molar refractivity (Wildman–Crippen MR) is 383 cm³/mol. The summed E-state index contributed by atoms with van der Waals surface area (Å²) >= 11 is 5.29. The van der Waals surface area contributed by atoms with E-state index in [1.807, 2.05) is 13.8 Å². The SMILES string of the molecule is CCCCOC(=O)c1ccc(Nc2nc(NCCCCNC(=O)Nc3nc(C)cc(=O)[nH]3)nc(Nc3ccc(C(=O)OCCCC)cc3)n2)cc1.CCCCOC(O)c1ccc(NNCl)cc1.CCCCOOc1ccc(N)cc1.Cc1cc(=O)[nH]c(NC(=O)NCCCCN)n1.Cl. The molecule has 7 rings (SSSR count). The third-order valence-electron chi connectivity index (χ3n) is 12.9. The van der Waals surface area contributed by atoms with Gasteiger partial charge >= 0.3 is 24.0 Å². The van der Waals surface area contributed by atoms with Crippen LogP contribution in [-0.2, 0) is 19.1 Å². The van der Waals surface area contributed by atoms with E-state index in [0.29, 0.717) is 111 Å². The second kappa shape index (κ2) is 48.9. The molecular formula is C66H94Cl2N18O12. The maximum atomic E-state index is 12.3. The third kappa shape index (κ3) is 35.3. The lowest BCUT2D eigenvalue weighted by atomic mass is 10.2. The van der Waals surface area contributed by atoms with E-state index in [0.717, 1.165) is 81.1 Å². The van der Waals surface area contributed by atoms with Crippen LogP contribution in [0.25, 0.3) is 0 Å². The Morgan fingerprint density at radius 1 is 0.551 bits per heavy atom. The van der Waals surface area contributed by atoms with Crippen molar-refractivity contribution in [2.45, 2.75) is 125 Å². The lowest BCUT2D eigenvalue weighted by Gasteiger charge is -2.12. The number of ether oxygens (including phenoxy) is 3. The van der Waals surface area contributed by atoms with E-state index in [1.54, 1.807) is 111 Å². The van der Waals surface area contributed by atoms with Gasteiger partial charge in [-0.1, -0.05) is 65.5 Å². The number of anilines is 9. The molecule has 1 unspecified atom stereocenters. The molecule has 7 aromatic rings. The number of unbranched alkanes of at least 4 members (excludes halogenated alkanes) is 6. The number of aryl methyl sites for hydroxylation is 2. The van der Waals surface area contributed by atoms with Gasteiger partial charge in [0.1, 0.15) is 0 Å². The van der Waals surface area contributed by atoms with Crippen molar-refractivity contribution in [1.82, 2.24) is 50.5 Å². The van der Waals surface area contributed by atoms with Crippen molar-refractivity contribution in [1.29, 1.82) is 0 Å². The second-order valence-electron chi connectivity index (χ2n) is 21.3. The quantitative estimate of drug-likeness (QED) is 0.00330. The minimum absolute atomic E-state index is 0. The van der Waals surface area contributed by atoms with Crippen molar-refractivity contribution >= 4 is 101 Å². The molecule has 534 valence electrons. The van der Waals surface area contributed by atoms with Crippen molar-refractivity contribution in [2.75, 3.05) is 90.3 Å². The van der Waals surface area contributed by atoms with Crippen LogP contribution in [0, 0.1) is 13.8 Å². The van der Waals surface area contributed by atoms with Crippen LogP contribution in [0.4, 0.5) is 62.1 Å². The van der Waals surface area contributed by atoms with Gasteiger partial charge in [-0.2, -0.15) is 19.8 Å². The number of halogens is 2. The zero-order valence-electron chi connectivity index (χ0n) is 56.2. The molecule has 30 nitrogen and oxygen atoms in total. The monoisotopic (exact) mass is 1400 g/mol. The second-order valence-corrected chi connectivity index (χ2v) is 21.5. The number of carbonyl (C=O) groups excluding carboxylic acids is 4. The fourth-order valence-corrected chi connectivity index (χ4v) is 7.86. The summed E-state index contributed by atoms with van der Waals surface area (Å²) in [5, 5.41) is 29.5. The third-order valence-corrected chi connectivity index (χ3v) is 13.0. The zero-order valence-corrected chi connectivity index (χ0v) is 57.8. The Bertz CT molecular complexity index is 3440. The first-order valence-electron chi connectivity index (χ1n) is 32.1. The number of aromatic nitrogens is 7. The number of aliphatic hydroxyl groups is 1. The minimum Gasteiger partial charge on any atom is -0.462 e. The van der Waals surface area contributed by atoms with Gasteiger partial charge in [0.25, 0.3) is 11.1 Å². The number of H-pyrrole nitrogens is 2. The molecule has 0 radical (unpaired) electrons. The van der Waals surface area contributed by atoms with Gasteiger partial charge in [0.15, 0.2) is 12.0 Å². The van der Waals surface area contributed by atoms with Crippen molar-refractivity contribution in [2.24, 2.45) is 5.73 Å². The summed E-state index contributed by atoms with van der Waals surface area (Å²) in [5.74, 6) is 0.910. The number of aliphatic hydroxyl groups excluding tert-OH is 1. The number of hydrazine groups is 1. The van der Waals surface area contributed by atoms with Crippen molar-refractivity contribution in [3.8, 4) is 5.75 Å². The average Bonchev–Trinajstić information content (AvgIpc) is 0.866. The van der Waals surface area contributed by atoms with E-state index in [-0.39, 0.29) is 59.3 Å². The number of hydrogen-bond donors (Lipinski definition) is 14. The normalized spacial score (nSPS) is 10.6. The molecular weight excluding hydrogens is 1310 g/mol. The molecule has 0 saturated carbocycles. The van der Waals surface area contributed by atoms with Crippen molar-refractivity contribution in [3.63, 3.8) is 0 Å². The van der Waals surface area contributed by atoms with Gasteiger partial charge in [-0.05, 0) is 168 Å². The lowest BCUT2D eigenvalue weighted by molar-refractivity contribution is -0.207. The molecule has 98 heavy (non-hydrogen) atoms. The van der Waals surface area contributed by atoms with Crippen LogP contribution >= 0.6 is 24.2 Å². The maximum Gasteiger partial charge on any atom is 0.338 e. The highest BCUT2D eigenvalue weighted by molar-refractivity contribution is 6.14. The molecule has 16 N–H and O–H groups in total. The fourth-order valence-electron chi connectivity index (χ4n) is 7.75. The number of nitrogens with two attached hydrogens (primary N) is 2. The minimum atomic E-state index is -0.857. The summed E-state index contributed by atoms with van der Waals surface area (Å²) in [6.07, 6.45) is 9.72. The first kappa shape index (κ1) is 82.5. The fraction of sp³-hybridized carbons (Fsp3) is 0.409. The van der Waals surface area contributed by atoms with Gasteiger partial charge in [0, 0.05) is 65.8 Å². The number of carbonyl (C=O) groups is 4. The van der Waals surface area contributed by atoms with Crippen LogP contribution in [0.2, 0.25) is 0 Å². The molecule has 1 atom stereocenters. The number of benzene rings is 4. The van der Waals surface area contributed by atoms with Crippen molar-refractivity contribution in [3.05, 3.63) is 158 Å². The van der Waals surface area contributed by atoms with Gasteiger partial charge in [-0.15, -0.1) is 17.4 Å². The molecule has 0 aliphatic heterocycles. The first-order valence-corrected chi connectivity index (χ1v) is 32.5. The lowest BCUT2D eigenvalue weighted by Crippen LogP contribution is -2.31. The Kier molecular flexibility index (Phi) is 41.2. The van der Waals surface area contributed by atoms with Gasteiger partial charge in [0.2, 0.25) is 29.7 Å². The van der Waals surface area contributed by atoms with Crippen LogP contribution < -0.4 is 75.1 Å². The largest absolute Gasteiger partial charge is 0.462 e. The summed E-state index contributed by atoms with van der Waals surface area (Å²) in [6.45, 7) is 15.5. The summed E-state index contributed by atoms with van der Waals surface area (Å²) in [5.41, 5.74) is 18.4. The van der Waals surface area contributed by atoms with Gasteiger partial charge in [-0.3, -0.25) is 30.2 Å². The van der Waals surface area contributed by atoms with Gasteiger partial charge in [-0.25, -0.2) is 29.1 Å². The van der Waals surface area contributed by atoms with Gasteiger partial charge < -0.3 is 67.7 Å². The molecule has 32 heteroatoms. The smallest absolute Gasteiger partial charge is 0.338 e. The first-order chi connectivity index (χ1) is 46.9. The molecule has 0 aliphatic carbocycles. The maximum absolute atomic E-state index is 12.3. The molecule has 4 aromatic carbocycles. The summed E-state index contributed by atoms with van der Waals surface area (Å²) in [4.78, 5) is 110. The molecule has 3 aromatic heterocycles. The molecule has 4 amide bonds. The molecule has 0 fully saturated rings. The van der Waals surface area contributed by atoms with E-state index in [9.17, 15) is 33.9 Å². The van der Waals surface area contributed by atoms with E-state index in [2.05, 4.69) is 96.3 Å². The number of urea groups is 2. The van der Waals surface area contributed by atoms with Crippen LogP contribution in [0.15, 0.2) is 119 Å². The molecule has 3 heterocycles. The van der Waals surface area contributed by atoms with Crippen LogP contribution in [-0.4, -0.2) is 117 Å². The number of nitrogens with one attached hydrogen (secondary N) is 11. The summed E-state index contributed by atoms with van der Waals surface area (Å²) in [6, 6.07) is 29.7. The Morgan fingerprint density at radius 3 is 1.45 bits per heavy atom. The highest BCUT2D eigenvalue weighted by Gasteiger charge is 2.14. The van der Waals surface area contributed by atoms with E-state index in [1.165, 1.54) is 12.1 Å². The number of rotatable bonds is 36. The number of amides is 4. The van der Waals surface area contributed by atoms with Crippen LogP contribution in [0.5, 0.6) is 5.75 Å². The van der Waals surface area contributed by atoms with E-state index in [4.69, 9.17) is 47.2 Å².